The standard InChI is InChI=1S/C12H13N3O3/c1-15(2)6-9(16)13-8-5-3-4-7-10(8)12(18)14-11(7)17/h3-5H,6H2,1-2H3,(H,13,16)(H,14,17,18). The number of carbonyl (C=O) groups is 3. The fraction of sp³-hybridized carbons (Fsp3) is 0.250. The molecule has 0 aromatic heterocycles. The van der Waals surface area contributed by atoms with Crippen LogP contribution in [0.3, 0.4) is 0 Å². The van der Waals surface area contributed by atoms with Crippen molar-refractivity contribution in [1.82, 2.24) is 10.2 Å². The molecule has 6 nitrogen and oxygen atoms in total. The number of fused-ring (bicyclic) bond motifs is 1. The Kier molecular flexibility index (Phi) is 3.12. The number of nitrogens with one attached hydrogen (secondary N) is 2. The zero-order valence-electron chi connectivity index (χ0n) is 10.1. The third-order valence-electron chi connectivity index (χ3n) is 2.50. The SMILES string of the molecule is CN(C)CC(=O)Nc1cccc2c1C(=O)NC2=O. The predicted octanol–water partition coefficient (Wildman–Crippen LogP) is 0.0703. The van der Waals surface area contributed by atoms with E-state index in [0.29, 0.717) is 11.3 Å². The normalized spacial score (nSPS) is 13.5. The molecule has 1 aromatic rings. The van der Waals surface area contributed by atoms with Gasteiger partial charge in [-0.05, 0) is 26.2 Å². The fourth-order valence-corrected chi connectivity index (χ4v) is 1.80. The number of anilines is 1. The number of rotatable bonds is 3. The van der Waals surface area contributed by atoms with Crippen molar-refractivity contribution in [3.63, 3.8) is 0 Å². The number of imide groups is 1. The molecular weight excluding hydrogens is 234 g/mol. The molecule has 2 N–H and O–H groups in total. The topological polar surface area (TPSA) is 78.5 Å². The molecule has 0 aliphatic carbocycles. The molecule has 94 valence electrons. The van der Waals surface area contributed by atoms with Gasteiger partial charge in [-0.2, -0.15) is 0 Å². The molecule has 6 heteroatoms. The zero-order chi connectivity index (χ0) is 13.3. The first kappa shape index (κ1) is 12.3. The van der Waals surface area contributed by atoms with E-state index in [0.717, 1.165) is 0 Å². The van der Waals surface area contributed by atoms with Crippen LogP contribution in [0.5, 0.6) is 0 Å². The van der Waals surface area contributed by atoms with Crippen LogP contribution in [-0.4, -0.2) is 43.3 Å². The van der Waals surface area contributed by atoms with Crippen LogP contribution in [0.15, 0.2) is 18.2 Å². The molecule has 0 saturated heterocycles. The van der Waals surface area contributed by atoms with Crippen LogP contribution in [0.1, 0.15) is 20.7 Å². The molecule has 3 amide bonds. The van der Waals surface area contributed by atoms with E-state index in [1.165, 1.54) is 0 Å². The molecule has 1 aliphatic heterocycles. The van der Waals surface area contributed by atoms with Gasteiger partial charge in [0, 0.05) is 0 Å². The quantitative estimate of drug-likeness (QED) is 0.741. The van der Waals surface area contributed by atoms with Crippen LogP contribution in [0.25, 0.3) is 0 Å². The van der Waals surface area contributed by atoms with E-state index < -0.39 is 11.8 Å². The van der Waals surface area contributed by atoms with Crippen molar-refractivity contribution in [2.45, 2.75) is 0 Å². The number of hydrogen-bond acceptors (Lipinski definition) is 4. The lowest BCUT2D eigenvalue weighted by atomic mass is 10.1. The first-order valence-electron chi connectivity index (χ1n) is 5.42. The summed E-state index contributed by atoms with van der Waals surface area (Å²) in [6.45, 7) is 0.208. The summed E-state index contributed by atoms with van der Waals surface area (Å²) < 4.78 is 0. The van der Waals surface area contributed by atoms with Crippen molar-refractivity contribution in [2.24, 2.45) is 0 Å². The van der Waals surface area contributed by atoms with Gasteiger partial charge in [-0.1, -0.05) is 6.07 Å². The third kappa shape index (κ3) is 2.23. The largest absolute Gasteiger partial charge is 0.324 e. The molecule has 0 bridgehead atoms. The summed E-state index contributed by atoms with van der Waals surface area (Å²) >= 11 is 0. The molecule has 0 atom stereocenters. The average molecular weight is 247 g/mol. The number of likely N-dealkylation sites (N-methyl/N-ethyl adjacent to an activating group) is 1. The van der Waals surface area contributed by atoms with Crippen molar-refractivity contribution in [3.8, 4) is 0 Å². The van der Waals surface area contributed by atoms with E-state index in [2.05, 4.69) is 10.6 Å². The highest BCUT2D eigenvalue weighted by Gasteiger charge is 2.29. The Hall–Kier alpha value is -2.21. The first-order valence-corrected chi connectivity index (χ1v) is 5.42. The van der Waals surface area contributed by atoms with Crippen molar-refractivity contribution >= 4 is 23.4 Å². The molecule has 18 heavy (non-hydrogen) atoms. The molecule has 1 aliphatic rings. The maximum atomic E-state index is 11.6. The summed E-state index contributed by atoms with van der Waals surface area (Å²) in [5, 5.41) is 4.83. The second-order valence-corrected chi connectivity index (χ2v) is 4.30. The summed E-state index contributed by atoms with van der Waals surface area (Å²) in [6.07, 6.45) is 0. The van der Waals surface area contributed by atoms with E-state index in [4.69, 9.17) is 0 Å². The van der Waals surface area contributed by atoms with Gasteiger partial charge in [-0.3, -0.25) is 19.7 Å². The number of carbonyl (C=O) groups excluding carboxylic acids is 3. The highest BCUT2D eigenvalue weighted by atomic mass is 16.2. The van der Waals surface area contributed by atoms with Gasteiger partial charge < -0.3 is 10.2 Å². The molecule has 0 fully saturated rings. The molecular formula is C12H13N3O3. The lowest BCUT2D eigenvalue weighted by molar-refractivity contribution is -0.116. The second kappa shape index (κ2) is 4.58. The Balaban J connectivity index is 2.28. The Morgan fingerprint density at radius 3 is 2.67 bits per heavy atom. The maximum absolute atomic E-state index is 11.6. The van der Waals surface area contributed by atoms with Crippen LogP contribution in [0.2, 0.25) is 0 Å². The monoisotopic (exact) mass is 247 g/mol. The zero-order valence-corrected chi connectivity index (χ0v) is 10.1. The van der Waals surface area contributed by atoms with Gasteiger partial charge in [0.1, 0.15) is 0 Å². The second-order valence-electron chi connectivity index (χ2n) is 4.30. The molecule has 0 radical (unpaired) electrons. The predicted molar refractivity (Wildman–Crippen MR) is 65.4 cm³/mol. The fourth-order valence-electron chi connectivity index (χ4n) is 1.80. The third-order valence-corrected chi connectivity index (χ3v) is 2.50. The van der Waals surface area contributed by atoms with E-state index in [9.17, 15) is 14.4 Å². The van der Waals surface area contributed by atoms with Gasteiger partial charge in [0.05, 0.1) is 23.4 Å². The van der Waals surface area contributed by atoms with Crippen molar-refractivity contribution in [2.75, 3.05) is 26.0 Å². The number of nitrogens with zero attached hydrogens (tertiary/aromatic N) is 1. The Morgan fingerprint density at radius 1 is 1.28 bits per heavy atom. The summed E-state index contributed by atoms with van der Waals surface area (Å²) in [5.74, 6) is -1.14. The summed E-state index contributed by atoms with van der Waals surface area (Å²) in [6, 6.07) is 4.78. The van der Waals surface area contributed by atoms with Crippen LogP contribution in [0, 0.1) is 0 Å². The summed E-state index contributed by atoms with van der Waals surface area (Å²) in [7, 11) is 3.54. The molecule has 0 saturated carbocycles. The molecule has 0 unspecified atom stereocenters. The maximum Gasteiger partial charge on any atom is 0.261 e. The van der Waals surface area contributed by atoms with Gasteiger partial charge in [-0.25, -0.2) is 0 Å². The summed E-state index contributed by atoms with van der Waals surface area (Å²) in [4.78, 5) is 36.4. The van der Waals surface area contributed by atoms with Gasteiger partial charge in [0.15, 0.2) is 0 Å². The number of amides is 3. The first-order chi connectivity index (χ1) is 8.49. The van der Waals surface area contributed by atoms with Crippen LogP contribution in [0.4, 0.5) is 5.69 Å². The van der Waals surface area contributed by atoms with Crippen LogP contribution in [-0.2, 0) is 4.79 Å². The highest BCUT2D eigenvalue weighted by Crippen LogP contribution is 2.24. The van der Waals surface area contributed by atoms with E-state index in [-0.39, 0.29) is 18.0 Å². The van der Waals surface area contributed by atoms with Crippen LogP contribution < -0.4 is 10.6 Å². The minimum atomic E-state index is -0.476. The Bertz CT molecular complexity index is 537. The molecule has 0 spiro atoms. The Labute approximate surface area is 104 Å². The van der Waals surface area contributed by atoms with E-state index >= 15 is 0 Å². The molecule has 1 heterocycles. The number of hydrogen-bond donors (Lipinski definition) is 2. The van der Waals surface area contributed by atoms with Crippen molar-refractivity contribution in [3.05, 3.63) is 29.3 Å². The lowest BCUT2D eigenvalue weighted by Gasteiger charge is -2.11. The van der Waals surface area contributed by atoms with Crippen LogP contribution >= 0.6 is 0 Å². The molecule has 1 aromatic carbocycles. The van der Waals surface area contributed by atoms with Gasteiger partial charge in [0.25, 0.3) is 11.8 Å². The highest BCUT2D eigenvalue weighted by molar-refractivity contribution is 6.24. The summed E-state index contributed by atoms with van der Waals surface area (Å²) in [5.41, 5.74) is 0.889. The van der Waals surface area contributed by atoms with E-state index in [1.807, 2.05) is 0 Å². The van der Waals surface area contributed by atoms with Gasteiger partial charge in [0.2, 0.25) is 5.91 Å². The molecule has 2 rings (SSSR count). The van der Waals surface area contributed by atoms with Crippen molar-refractivity contribution < 1.29 is 14.4 Å². The lowest BCUT2D eigenvalue weighted by Crippen LogP contribution is -2.28. The average Bonchev–Trinajstić information content (AvgIpc) is 2.54. The minimum Gasteiger partial charge on any atom is -0.324 e. The van der Waals surface area contributed by atoms with Gasteiger partial charge in [-0.15, -0.1) is 0 Å². The van der Waals surface area contributed by atoms with Crippen molar-refractivity contribution in [1.29, 1.82) is 0 Å². The van der Waals surface area contributed by atoms with Gasteiger partial charge >= 0.3 is 0 Å². The Morgan fingerprint density at radius 2 is 2.00 bits per heavy atom. The minimum absolute atomic E-state index is 0.208. The van der Waals surface area contributed by atoms with E-state index in [1.54, 1.807) is 37.2 Å². The smallest absolute Gasteiger partial charge is 0.261 e. The number of benzene rings is 1.